The van der Waals surface area contributed by atoms with Gasteiger partial charge in [-0.25, -0.2) is 9.37 Å². The molecule has 0 amide bonds. The second-order valence-corrected chi connectivity index (χ2v) is 4.44. The van der Waals surface area contributed by atoms with Crippen molar-refractivity contribution in [2.45, 2.75) is 19.8 Å². The first-order valence-electron chi connectivity index (χ1n) is 5.06. The van der Waals surface area contributed by atoms with Gasteiger partial charge in [-0.15, -0.1) is 0 Å². The fraction of sp³-hybridized carbons (Fsp3) is 0.250. The first-order chi connectivity index (χ1) is 7.61. The molecule has 0 fully saturated rings. The fourth-order valence-electron chi connectivity index (χ4n) is 1.68. The van der Waals surface area contributed by atoms with Gasteiger partial charge < -0.3 is 0 Å². The van der Waals surface area contributed by atoms with Crippen LogP contribution in [0.4, 0.5) is 4.39 Å². The Balaban J connectivity index is 2.69. The van der Waals surface area contributed by atoms with Crippen LogP contribution in [0, 0.1) is 5.82 Å². The van der Waals surface area contributed by atoms with Crippen LogP contribution in [0.2, 0.25) is 10.2 Å². The normalized spacial score (nSPS) is 11.0. The Morgan fingerprint density at radius 1 is 1.25 bits per heavy atom. The maximum absolute atomic E-state index is 13.5. The van der Waals surface area contributed by atoms with Gasteiger partial charge in [0.1, 0.15) is 10.7 Å². The molecule has 0 atom stereocenters. The van der Waals surface area contributed by atoms with Crippen molar-refractivity contribution >= 4 is 34.1 Å². The number of aryl methyl sites for hydroxylation is 1. The fourth-order valence-corrected chi connectivity index (χ4v) is 2.12. The van der Waals surface area contributed by atoms with Gasteiger partial charge in [0.25, 0.3) is 0 Å². The molecule has 16 heavy (non-hydrogen) atoms. The van der Waals surface area contributed by atoms with Gasteiger partial charge in [0.05, 0.1) is 0 Å². The summed E-state index contributed by atoms with van der Waals surface area (Å²) >= 11 is 11.8. The molecule has 1 heterocycles. The highest BCUT2D eigenvalue weighted by Gasteiger charge is 2.09. The van der Waals surface area contributed by atoms with Crippen molar-refractivity contribution in [3.8, 4) is 0 Å². The minimum atomic E-state index is -0.438. The van der Waals surface area contributed by atoms with E-state index in [0.717, 1.165) is 18.4 Å². The van der Waals surface area contributed by atoms with Crippen LogP contribution in [-0.2, 0) is 6.42 Å². The summed E-state index contributed by atoms with van der Waals surface area (Å²) in [5, 5.41) is 1.44. The van der Waals surface area contributed by atoms with E-state index < -0.39 is 5.82 Å². The van der Waals surface area contributed by atoms with E-state index in [0.29, 0.717) is 15.6 Å². The summed E-state index contributed by atoms with van der Waals surface area (Å²) in [5.74, 6) is -0.438. The largest absolute Gasteiger partial charge is 0.233 e. The van der Waals surface area contributed by atoms with Gasteiger partial charge in [-0.1, -0.05) is 36.5 Å². The topological polar surface area (TPSA) is 12.9 Å². The van der Waals surface area contributed by atoms with Gasteiger partial charge in [-0.2, -0.15) is 0 Å². The van der Waals surface area contributed by atoms with Crippen LogP contribution in [0.25, 0.3) is 10.9 Å². The number of hydrogen-bond acceptors (Lipinski definition) is 1. The number of pyridine rings is 1. The van der Waals surface area contributed by atoms with Crippen LogP contribution >= 0.6 is 23.2 Å². The van der Waals surface area contributed by atoms with Crippen molar-refractivity contribution < 1.29 is 4.39 Å². The first-order valence-corrected chi connectivity index (χ1v) is 5.81. The van der Waals surface area contributed by atoms with Gasteiger partial charge in [0.15, 0.2) is 5.82 Å². The summed E-state index contributed by atoms with van der Waals surface area (Å²) in [6.07, 6.45) is 1.80. The predicted octanol–water partition coefficient (Wildman–Crippen LogP) is 4.63. The van der Waals surface area contributed by atoms with Crippen molar-refractivity contribution in [2.75, 3.05) is 0 Å². The lowest BCUT2D eigenvalue weighted by molar-refractivity contribution is 0.637. The third-order valence-electron chi connectivity index (χ3n) is 2.38. The second kappa shape index (κ2) is 4.56. The molecule has 0 N–H and O–H groups in total. The van der Waals surface area contributed by atoms with Crippen LogP contribution in [-0.4, -0.2) is 4.98 Å². The second-order valence-electron chi connectivity index (χ2n) is 3.65. The lowest BCUT2D eigenvalue weighted by Gasteiger charge is -2.06. The number of fused-ring (bicyclic) bond motifs is 1. The van der Waals surface area contributed by atoms with Gasteiger partial charge in [-0.05, 0) is 30.2 Å². The third kappa shape index (κ3) is 2.13. The number of halogens is 3. The van der Waals surface area contributed by atoms with E-state index in [2.05, 4.69) is 11.9 Å². The molecule has 1 nitrogen and oxygen atoms in total. The van der Waals surface area contributed by atoms with Crippen LogP contribution in [0.1, 0.15) is 18.9 Å². The molecule has 0 aliphatic carbocycles. The lowest BCUT2D eigenvalue weighted by Crippen LogP contribution is -1.92. The van der Waals surface area contributed by atoms with Gasteiger partial charge >= 0.3 is 0 Å². The monoisotopic (exact) mass is 257 g/mol. The molecule has 4 heteroatoms. The molecule has 0 aliphatic heterocycles. The van der Waals surface area contributed by atoms with E-state index >= 15 is 0 Å². The number of rotatable bonds is 2. The van der Waals surface area contributed by atoms with Crippen molar-refractivity contribution in [3.63, 3.8) is 0 Å². The molecule has 0 radical (unpaired) electrons. The van der Waals surface area contributed by atoms with Crippen molar-refractivity contribution in [1.82, 2.24) is 4.98 Å². The molecular formula is C12H10Cl2FN. The van der Waals surface area contributed by atoms with Crippen molar-refractivity contribution in [1.29, 1.82) is 0 Å². The molecule has 2 rings (SSSR count). The maximum atomic E-state index is 13.5. The molecule has 1 aromatic heterocycles. The Hall–Kier alpha value is -0.860. The molecule has 84 valence electrons. The third-order valence-corrected chi connectivity index (χ3v) is 2.93. The molecular weight excluding hydrogens is 248 g/mol. The SMILES string of the molecule is CCCc1cc2cc(Cl)cc(F)c2nc1Cl. The van der Waals surface area contributed by atoms with Gasteiger partial charge in [0.2, 0.25) is 0 Å². The zero-order valence-electron chi connectivity index (χ0n) is 8.73. The molecule has 0 aliphatic rings. The Kier molecular flexibility index (Phi) is 3.31. The molecule has 0 spiro atoms. The Bertz CT molecular complexity index is 540. The zero-order chi connectivity index (χ0) is 11.7. The summed E-state index contributed by atoms with van der Waals surface area (Å²) in [6.45, 7) is 2.05. The molecule has 0 saturated heterocycles. The van der Waals surface area contributed by atoms with E-state index in [1.807, 2.05) is 6.07 Å². The zero-order valence-corrected chi connectivity index (χ0v) is 10.2. The summed E-state index contributed by atoms with van der Waals surface area (Å²) in [4.78, 5) is 4.07. The highest BCUT2D eigenvalue weighted by Crippen LogP contribution is 2.26. The first kappa shape index (κ1) is 11.6. The Labute approximate surface area is 103 Å². The number of nitrogens with zero attached hydrogens (tertiary/aromatic N) is 1. The van der Waals surface area contributed by atoms with E-state index in [4.69, 9.17) is 23.2 Å². The highest BCUT2D eigenvalue weighted by molar-refractivity contribution is 6.32. The standard InChI is InChI=1S/C12H10Cl2FN/c1-2-3-7-4-8-5-9(13)6-10(15)11(8)16-12(7)14/h4-6H,2-3H2,1H3. The predicted molar refractivity (Wildman–Crippen MR) is 65.7 cm³/mol. The van der Waals surface area contributed by atoms with Crippen LogP contribution in [0.5, 0.6) is 0 Å². The number of benzene rings is 1. The number of aromatic nitrogens is 1. The number of hydrogen-bond donors (Lipinski definition) is 0. The summed E-state index contributed by atoms with van der Waals surface area (Å²) in [6, 6.07) is 4.79. The van der Waals surface area contributed by atoms with E-state index in [-0.39, 0.29) is 5.52 Å². The van der Waals surface area contributed by atoms with Crippen LogP contribution < -0.4 is 0 Å². The maximum Gasteiger partial charge on any atom is 0.150 e. The quantitative estimate of drug-likeness (QED) is 0.715. The summed E-state index contributed by atoms with van der Waals surface area (Å²) in [5.41, 5.74) is 1.20. The van der Waals surface area contributed by atoms with Gasteiger partial charge in [-0.3, -0.25) is 0 Å². The Morgan fingerprint density at radius 3 is 2.69 bits per heavy atom. The van der Waals surface area contributed by atoms with E-state index in [9.17, 15) is 4.39 Å². The molecule has 0 saturated carbocycles. The Morgan fingerprint density at radius 2 is 2.00 bits per heavy atom. The van der Waals surface area contributed by atoms with E-state index in [1.54, 1.807) is 6.07 Å². The van der Waals surface area contributed by atoms with Gasteiger partial charge in [0, 0.05) is 10.4 Å². The van der Waals surface area contributed by atoms with E-state index in [1.165, 1.54) is 6.07 Å². The van der Waals surface area contributed by atoms with Crippen LogP contribution in [0.15, 0.2) is 18.2 Å². The van der Waals surface area contributed by atoms with Crippen molar-refractivity contribution in [3.05, 3.63) is 39.8 Å². The highest BCUT2D eigenvalue weighted by atomic mass is 35.5. The molecule has 0 unspecified atom stereocenters. The molecule has 2 aromatic rings. The minimum absolute atomic E-state index is 0.272. The summed E-state index contributed by atoms with van der Waals surface area (Å²) in [7, 11) is 0. The van der Waals surface area contributed by atoms with Crippen molar-refractivity contribution in [2.24, 2.45) is 0 Å². The molecule has 0 bridgehead atoms. The lowest BCUT2D eigenvalue weighted by atomic mass is 10.1. The average molecular weight is 258 g/mol. The smallest absolute Gasteiger partial charge is 0.150 e. The van der Waals surface area contributed by atoms with Crippen LogP contribution in [0.3, 0.4) is 0 Å². The minimum Gasteiger partial charge on any atom is -0.233 e. The summed E-state index contributed by atoms with van der Waals surface area (Å²) < 4.78 is 13.5. The average Bonchev–Trinajstić information content (AvgIpc) is 2.21. The molecule has 1 aromatic carbocycles.